The molecule has 1 aliphatic carbocycles. The number of nitrogens with zero attached hydrogens (tertiary/aromatic N) is 1. The minimum absolute atomic E-state index is 0.237. The van der Waals surface area contributed by atoms with Crippen molar-refractivity contribution < 1.29 is 9.50 Å². The van der Waals surface area contributed by atoms with E-state index in [-0.39, 0.29) is 5.82 Å². The Labute approximate surface area is 115 Å². The van der Waals surface area contributed by atoms with Crippen molar-refractivity contribution in [3.05, 3.63) is 29.6 Å². The molecule has 0 heterocycles. The van der Waals surface area contributed by atoms with Crippen LogP contribution in [0.3, 0.4) is 0 Å². The fraction of sp³-hybridized carbons (Fsp3) is 0.625. The highest BCUT2D eigenvalue weighted by molar-refractivity contribution is 5.56. The minimum atomic E-state index is -0.644. The molecule has 0 bridgehead atoms. The van der Waals surface area contributed by atoms with Gasteiger partial charge in [-0.1, -0.05) is 31.9 Å². The lowest BCUT2D eigenvalue weighted by molar-refractivity contribution is 0.199. The quantitative estimate of drug-likeness (QED) is 0.896. The van der Waals surface area contributed by atoms with Crippen LogP contribution in [0.4, 0.5) is 10.1 Å². The van der Waals surface area contributed by atoms with Gasteiger partial charge in [0.1, 0.15) is 5.82 Å². The Morgan fingerprint density at radius 1 is 1.37 bits per heavy atom. The van der Waals surface area contributed by atoms with Gasteiger partial charge in [0.25, 0.3) is 0 Å². The third-order valence-corrected chi connectivity index (χ3v) is 4.28. The van der Waals surface area contributed by atoms with Crippen molar-refractivity contribution in [2.24, 2.45) is 5.92 Å². The van der Waals surface area contributed by atoms with Crippen LogP contribution in [0.5, 0.6) is 0 Å². The van der Waals surface area contributed by atoms with E-state index < -0.39 is 6.10 Å². The first-order chi connectivity index (χ1) is 9.00. The van der Waals surface area contributed by atoms with Crippen LogP contribution in [0.2, 0.25) is 0 Å². The third-order valence-electron chi connectivity index (χ3n) is 4.28. The van der Waals surface area contributed by atoms with E-state index in [2.05, 4.69) is 6.92 Å². The number of rotatable bonds is 3. The molecule has 0 amide bonds. The maximum atomic E-state index is 14.2. The fourth-order valence-electron chi connectivity index (χ4n) is 3.18. The van der Waals surface area contributed by atoms with Gasteiger partial charge in [-0.3, -0.25) is 0 Å². The topological polar surface area (TPSA) is 23.5 Å². The molecule has 3 heteroatoms. The SMILES string of the molecule is CC1CCCC(N(C)c2c(F)cccc2[C@H](C)O)C1. The average molecular weight is 265 g/mol. The van der Waals surface area contributed by atoms with E-state index in [1.807, 2.05) is 18.0 Å². The molecule has 1 saturated carbocycles. The van der Waals surface area contributed by atoms with Crippen molar-refractivity contribution in [3.63, 3.8) is 0 Å². The molecule has 0 spiro atoms. The Hall–Kier alpha value is -1.09. The summed E-state index contributed by atoms with van der Waals surface area (Å²) in [6.45, 7) is 3.95. The van der Waals surface area contributed by atoms with Crippen molar-refractivity contribution in [3.8, 4) is 0 Å². The standard InChI is InChI=1S/C16H24FNO/c1-11-6-4-7-13(10-11)18(3)16-14(12(2)19)8-5-9-15(16)17/h5,8-9,11-13,19H,4,6-7,10H2,1-3H3/t11?,12-,13?/m0/s1. The number of anilines is 1. The average Bonchev–Trinajstić information content (AvgIpc) is 2.37. The third kappa shape index (κ3) is 3.08. The van der Waals surface area contributed by atoms with Crippen LogP contribution in [0.1, 0.15) is 51.2 Å². The van der Waals surface area contributed by atoms with Gasteiger partial charge in [-0.15, -0.1) is 0 Å². The van der Waals surface area contributed by atoms with E-state index in [1.54, 1.807) is 13.0 Å². The number of hydrogen-bond acceptors (Lipinski definition) is 2. The second-order valence-electron chi connectivity index (χ2n) is 5.89. The van der Waals surface area contributed by atoms with Gasteiger partial charge in [-0.25, -0.2) is 4.39 Å². The van der Waals surface area contributed by atoms with Gasteiger partial charge in [0.15, 0.2) is 0 Å². The normalized spacial score (nSPS) is 25.1. The van der Waals surface area contributed by atoms with Crippen molar-refractivity contribution in [1.29, 1.82) is 0 Å². The molecule has 0 saturated heterocycles. The summed E-state index contributed by atoms with van der Waals surface area (Å²) in [6.07, 6.45) is 4.03. The number of para-hydroxylation sites is 1. The predicted molar refractivity (Wildman–Crippen MR) is 76.9 cm³/mol. The summed E-state index contributed by atoms with van der Waals surface area (Å²) in [5.74, 6) is 0.460. The first-order valence-electron chi connectivity index (χ1n) is 7.20. The highest BCUT2D eigenvalue weighted by Crippen LogP contribution is 2.34. The maximum Gasteiger partial charge on any atom is 0.146 e. The van der Waals surface area contributed by atoms with Crippen LogP contribution in [-0.2, 0) is 0 Å². The molecule has 2 rings (SSSR count). The Bertz CT molecular complexity index is 433. The second-order valence-corrected chi connectivity index (χ2v) is 5.89. The molecule has 2 unspecified atom stereocenters. The van der Waals surface area contributed by atoms with Gasteiger partial charge < -0.3 is 10.0 Å². The molecule has 0 radical (unpaired) electrons. The molecule has 3 atom stereocenters. The monoisotopic (exact) mass is 265 g/mol. The molecular formula is C16H24FNO. The summed E-state index contributed by atoms with van der Waals surface area (Å²) in [4.78, 5) is 2.03. The summed E-state index contributed by atoms with van der Waals surface area (Å²) >= 11 is 0. The van der Waals surface area contributed by atoms with Crippen molar-refractivity contribution >= 4 is 5.69 Å². The maximum absolute atomic E-state index is 14.2. The molecule has 1 aromatic carbocycles. The van der Waals surface area contributed by atoms with Crippen molar-refractivity contribution in [2.75, 3.05) is 11.9 Å². The summed E-state index contributed by atoms with van der Waals surface area (Å²) in [6, 6.07) is 5.33. The highest BCUT2D eigenvalue weighted by atomic mass is 19.1. The first-order valence-corrected chi connectivity index (χ1v) is 7.20. The molecule has 0 aliphatic heterocycles. The van der Waals surface area contributed by atoms with E-state index >= 15 is 0 Å². The lowest BCUT2D eigenvalue weighted by Crippen LogP contribution is -2.36. The first kappa shape index (κ1) is 14.3. The molecule has 1 aromatic rings. The van der Waals surface area contributed by atoms with Crippen LogP contribution in [-0.4, -0.2) is 18.2 Å². The zero-order chi connectivity index (χ0) is 14.0. The van der Waals surface area contributed by atoms with E-state index in [0.717, 1.165) is 12.8 Å². The summed E-state index contributed by atoms with van der Waals surface area (Å²) < 4.78 is 14.2. The lowest BCUT2D eigenvalue weighted by Gasteiger charge is -2.37. The van der Waals surface area contributed by atoms with Gasteiger partial charge in [-0.05, 0) is 31.7 Å². The zero-order valence-electron chi connectivity index (χ0n) is 12.1. The predicted octanol–water partition coefficient (Wildman–Crippen LogP) is 3.89. The molecule has 1 aliphatic rings. The second kappa shape index (κ2) is 5.91. The Morgan fingerprint density at radius 3 is 2.74 bits per heavy atom. The number of hydrogen-bond donors (Lipinski definition) is 1. The van der Waals surface area contributed by atoms with Gasteiger partial charge in [0, 0.05) is 18.7 Å². The Morgan fingerprint density at radius 2 is 2.11 bits per heavy atom. The summed E-state index contributed by atoms with van der Waals surface area (Å²) in [7, 11) is 1.95. The molecule has 1 fully saturated rings. The fourth-order valence-corrected chi connectivity index (χ4v) is 3.18. The lowest BCUT2D eigenvalue weighted by atomic mass is 9.86. The van der Waals surface area contributed by atoms with Crippen molar-refractivity contribution in [2.45, 2.75) is 51.7 Å². The van der Waals surface area contributed by atoms with Gasteiger partial charge in [-0.2, -0.15) is 0 Å². The number of aliphatic hydroxyl groups is 1. The Balaban J connectivity index is 2.29. The molecule has 106 valence electrons. The van der Waals surface area contributed by atoms with Crippen LogP contribution < -0.4 is 4.90 Å². The van der Waals surface area contributed by atoms with Crippen LogP contribution in [0.25, 0.3) is 0 Å². The minimum Gasteiger partial charge on any atom is -0.389 e. The van der Waals surface area contributed by atoms with Gasteiger partial charge >= 0.3 is 0 Å². The van der Waals surface area contributed by atoms with E-state index in [0.29, 0.717) is 23.2 Å². The van der Waals surface area contributed by atoms with Crippen LogP contribution in [0.15, 0.2) is 18.2 Å². The largest absolute Gasteiger partial charge is 0.389 e. The molecule has 19 heavy (non-hydrogen) atoms. The van der Waals surface area contributed by atoms with Gasteiger partial charge in [0.2, 0.25) is 0 Å². The molecular weight excluding hydrogens is 241 g/mol. The van der Waals surface area contributed by atoms with Crippen molar-refractivity contribution in [1.82, 2.24) is 0 Å². The molecule has 1 N–H and O–H groups in total. The summed E-state index contributed by atoms with van der Waals surface area (Å²) in [5, 5.41) is 9.83. The van der Waals surface area contributed by atoms with E-state index in [1.165, 1.54) is 18.9 Å². The highest BCUT2D eigenvalue weighted by Gasteiger charge is 2.26. The van der Waals surface area contributed by atoms with Crippen LogP contribution in [0, 0.1) is 11.7 Å². The van der Waals surface area contributed by atoms with Gasteiger partial charge in [0.05, 0.1) is 11.8 Å². The molecule has 0 aromatic heterocycles. The number of halogens is 1. The number of aliphatic hydroxyl groups excluding tert-OH is 1. The van der Waals surface area contributed by atoms with Crippen LogP contribution >= 0.6 is 0 Å². The summed E-state index contributed by atoms with van der Waals surface area (Å²) in [5.41, 5.74) is 1.25. The molecule has 2 nitrogen and oxygen atoms in total. The smallest absolute Gasteiger partial charge is 0.146 e. The Kier molecular flexibility index (Phi) is 4.46. The van der Waals surface area contributed by atoms with E-state index in [4.69, 9.17) is 0 Å². The number of benzene rings is 1. The van der Waals surface area contributed by atoms with E-state index in [9.17, 15) is 9.50 Å². The zero-order valence-corrected chi connectivity index (χ0v) is 12.1.